The summed E-state index contributed by atoms with van der Waals surface area (Å²) in [6.45, 7) is 0.374. The summed E-state index contributed by atoms with van der Waals surface area (Å²) < 4.78 is 7.38. The third-order valence-corrected chi connectivity index (χ3v) is 6.80. The zero-order valence-corrected chi connectivity index (χ0v) is 22.9. The summed E-state index contributed by atoms with van der Waals surface area (Å²) >= 11 is 19.2. The van der Waals surface area contributed by atoms with Crippen molar-refractivity contribution in [2.75, 3.05) is 11.9 Å². The van der Waals surface area contributed by atoms with Gasteiger partial charge >= 0.3 is 0 Å². The van der Waals surface area contributed by atoms with E-state index in [1.54, 1.807) is 18.3 Å². The van der Waals surface area contributed by atoms with Crippen LogP contribution in [0.4, 0.5) is 5.69 Å². The Balaban J connectivity index is 1.33. The normalized spacial score (nSPS) is 11.1. The van der Waals surface area contributed by atoms with Crippen molar-refractivity contribution in [1.82, 2.24) is 5.43 Å². The number of fused-ring (bicyclic) bond motifs is 1. The van der Waals surface area contributed by atoms with E-state index in [9.17, 15) is 4.79 Å². The van der Waals surface area contributed by atoms with Gasteiger partial charge in [-0.3, -0.25) is 4.79 Å². The number of hydrogen-bond donors (Lipinski definition) is 2. The summed E-state index contributed by atoms with van der Waals surface area (Å²) in [5.74, 6) is 0.364. The van der Waals surface area contributed by atoms with Crippen LogP contribution in [0, 0.1) is 0 Å². The van der Waals surface area contributed by atoms with Crippen LogP contribution in [-0.2, 0) is 11.4 Å². The number of rotatable bonds is 8. The van der Waals surface area contributed by atoms with Crippen molar-refractivity contribution in [2.45, 2.75) is 6.61 Å². The van der Waals surface area contributed by atoms with Crippen molar-refractivity contribution in [2.24, 2.45) is 5.10 Å². The molecule has 178 valence electrons. The molecule has 35 heavy (non-hydrogen) atoms. The van der Waals surface area contributed by atoms with Crippen molar-refractivity contribution < 1.29 is 9.53 Å². The van der Waals surface area contributed by atoms with E-state index in [0.717, 1.165) is 36.5 Å². The number of anilines is 1. The van der Waals surface area contributed by atoms with Gasteiger partial charge in [0.05, 0.1) is 21.7 Å². The highest BCUT2D eigenvalue weighted by Crippen LogP contribution is 2.35. The number of halogens is 4. The van der Waals surface area contributed by atoms with Crippen molar-refractivity contribution in [1.29, 1.82) is 0 Å². The third-order valence-electron chi connectivity index (χ3n) is 5.04. The second-order valence-corrected chi connectivity index (χ2v) is 10.1. The highest BCUT2D eigenvalue weighted by molar-refractivity contribution is 9.11. The molecule has 0 aliphatic rings. The van der Waals surface area contributed by atoms with Gasteiger partial charge in [0, 0.05) is 26.7 Å². The number of benzene rings is 4. The van der Waals surface area contributed by atoms with Crippen LogP contribution in [0.25, 0.3) is 10.8 Å². The van der Waals surface area contributed by atoms with Gasteiger partial charge < -0.3 is 10.1 Å². The maximum atomic E-state index is 12.3. The van der Waals surface area contributed by atoms with Gasteiger partial charge in [0.25, 0.3) is 5.91 Å². The molecule has 9 heteroatoms. The van der Waals surface area contributed by atoms with Crippen LogP contribution in [0.15, 0.2) is 86.8 Å². The topological polar surface area (TPSA) is 62.7 Å². The maximum Gasteiger partial charge on any atom is 0.259 e. The minimum Gasteiger partial charge on any atom is -0.486 e. The second-order valence-electron chi connectivity index (χ2n) is 7.51. The second kappa shape index (κ2) is 11.9. The van der Waals surface area contributed by atoms with Crippen LogP contribution >= 0.6 is 55.1 Å². The number of hydrogen-bond acceptors (Lipinski definition) is 4. The van der Waals surface area contributed by atoms with E-state index in [1.165, 1.54) is 0 Å². The molecule has 1 amide bonds. The number of hydrazone groups is 1. The van der Waals surface area contributed by atoms with Gasteiger partial charge in [-0.15, -0.1) is 0 Å². The Bertz CT molecular complexity index is 1380. The van der Waals surface area contributed by atoms with Gasteiger partial charge in [0.2, 0.25) is 0 Å². The highest BCUT2D eigenvalue weighted by Gasteiger charge is 2.11. The molecule has 0 saturated carbocycles. The molecule has 0 spiro atoms. The van der Waals surface area contributed by atoms with Crippen LogP contribution in [-0.4, -0.2) is 18.7 Å². The Hall–Kier alpha value is -2.58. The quantitative estimate of drug-likeness (QED) is 0.153. The number of amides is 1. The fourth-order valence-electron chi connectivity index (χ4n) is 3.35. The molecule has 0 radical (unpaired) electrons. The van der Waals surface area contributed by atoms with E-state index >= 15 is 0 Å². The summed E-state index contributed by atoms with van der Waals surface area (Å²) in [7, 11) is 0. The average Bonchev–Trinajstić information content (AvgIpc) is 2.83. The lowest BCUT2D eigenvalue weighted by molar-refractivity contribution is -0.119. The van der Waals surface area contributed by atoms with Gasteiger partial charge in [-0.25, -0.2) is 5.43 Å². The number of carbonyl (C=O) groups is 1. The zero-order valence-electron chi connectivity index (χ0n) is 18.2. The molecular formula is C26H19Br2Cl2N3O2. The first-order valence-electron chi connectivity index (χ1n) is 10.5. The lowest BCUT2D eigenvalue weighted by Gasteiger charge is -2.12. The molecule has 5 nitrogen and oxygen atoms in total. The highest BCUT2D eigenvalue weighted by atomic mass is 79.9. The molecule has 0 unspecified atom stereocenters. The van der Waals surface area contributed by atoms with Crippen molar-refractivity contribution in [3.8, 4) is 5.75 Å². The molecule has 0 fully saturated rings. The smallest absolute Gasteiger partial charge is 0.259 e. The van der Waals surface area contributed by atoms with Gasteiger partial charge in [0.1, 0.15) is 12.4 Å². The lowest BCUT2D eigenvalue weighted by Crippen LogP contribution is -2.25. The first kappa shape index (κ1) is 25.5. The van der Waals surface area contributed by atoms with E-state index < -0.39 is 0 Å². The number of nitrogens with zero attached hydrogens (tertiary/aromatic N) is 1. The third kappa shape index (κ3) is 6.76. The molecule has 0 aromatic heterocycles. The molecule has 4 aromatic rings. The van der Waals surface area contributed by atoms with Crippen LogP contribution in [0.1, 0.15) is 11.1 Å². The Kier molecular flexibility index (Phi) is 8.68. The zero-order chi connectivity index (χ0) is 24.8. The first-order valence-corrected chi connectivity index (χ1v) is 12.8. The Morgan fingerprint density at radius 1 is 0.971 bits per heavy atom. The largest absolute Gasteiger partial charge is 0.486 e. The standard InChI is InChI=1S/C26H19Br2Cl2N3O2/c27-21-10-16(11-22(28)26(21)35-15-18-8-9-19(29)12-23(18)30)13-32-33-25(34)14-31-24-7-3-5-17-4-1-2-6-20(17)24/h1-13,31H,14-15H2,(H,33,34)/b32-13-. The Morgan fingerprint density at radius 2 is 1.71 bits per heavy atom. The van der Waals surface area contributed by atoms with Gasteiger partial charge in [-0.1, -0.05) is 65.7 Å². The van der Waals surface area contributed by atoms with Crippen LogP contribution in [0.3, 0.4) is 0 Å². The fraction of sp³-hybridized carbons (Fsp3) is 0.0769. The van der Waals surface area contributed by atoms with Crippen LogP contribution in [0.2, 0.25) is 10.0 Å². The van der Waals surface area contributed by atoms with Gasteiger partial charge in [-0.2, -0.15) is 5.10 Å². The summed E-state index contributed by atoms with van der Waals surface area (Å²) in [6, 6.07) is 22.9. The molecule has 4 rings (SSSR count). The van der Waals surface area contributed by atoms with Crippen molar-refractivity contribution >= 4 is 83.6 Å². The molecule has 4 aromatic carbocycles. The Morgan fingerprint density at radius 3 is 2.49 bits per heavy atom. The Labute approximate surface area is 229 Å². The summed E-state index contributed by atoms with van der Waals surface area (Å²) in [4.78, 5) is 12.3. The maximum absolute atomic E-state index is 12.3. The van der Waals surface area contributed by atoms with Gasteiger partial charge in [-0.05, 0) is 73.1 Å². The predicted molar refractivity (Wildman–Crippen MR) is 151 cm³/mol. The molecule has 0 heterocycles. The predicted octanol–water partition coefficient (Wildman–Crippen LogP) is 7.81. The van der Waals surface area contributed by atoms with Crippen LogP contribution < -0.4 is 15.5 Å². The SMILES string of the molecule is O=C(CNc1cccc2ccccc12)N/N=C\c1cc(Br)c(OCc2ccc(Cl)cc2Cl)c(Br)c1. The number of ether oxygens (including phenoxy) is 1. The molecule has 2 N–H and O–H groups in total. The molecular weight excluding hydrogens is 617 g/mol. The average molecular weight is 636 g/mol. The summed E-state index contributed by atoms with van der Waals surface area (Å²) in [5.41, 5.74) is 5.02. The fourth-order valence-corrected chi connectivity index (χ4v) is 5.27. The van der Waals surface area contributed by atoms with E-state index in [1.807, 2.05) is 60.7 Å². The van der Waals surface area contributed by atoms with Gasteiger partial charge in [0.15, 0.2) is 0 Å². The van der Waals surface area contributed by atoms with Crippen molar-refractivity contribution in [3.63, 3.8) is 0 Å². The summed E-state index contributed by atoms with van der Waals surface area (Å²) in [5, 5.41) is 10.5. The molecule has 0 saturated heterocycles. The van der Waals surface area contributed by atoms with E-state index in [4.69, 9.17) is 27.9 Å². The monoisotopic (exact) mass is 633 g/mol. The van der Waals surface area contributed by atoms with Crippen molar-refractivity contribution in [3.05, 3.63) is 103 Å². The molecule has 0 aliphatic heterocycles. The summed E-state index contributed by atoms with van der Waals surface area (Å²) in [6.07, 6.45) is 1.56. The molecule has 0 aliphatic carbocycles. The van der Waals surface area contributed by atoms with E-state index in [0.29, 0.717) is 15.8 Å². The molecule has 0 bridgehead atoms. The first-order chi connectivity index (χ1) is 16.9. The van der Waals surface area contributed by atoms with E-state index in [2.05, 4.69) is 47.7 Å². The molecule has 0 atom stereocenters. The minimum atomic E-state index is -0.257. The number of nitrogens with one attached hydrogen (secondary N) is 2. The van der Waals surface area contributed by atoms with Crippen LogP contribution in [0.5, 0.6) is 5.75 Å². The number of carbonyl (C=O) groups excluding carboxylic acids is 1. The minimum absolute atomic E-state index is 0.0960. The lowest BCUT2D eigenvalue weighted by atomic mass is 10.1. The van der Waals surface area contributed by atoms with E-state index in [-0.39, 0.29) is 19.1 Å².